The van der Waals surface area contributed by atoms with E-state index >= 15 is 0 Å². The maximum absolute atomic E-state index is 13.0. The highest BCUT2D eigenvalue weighted by atomic mass is 19.4. The standard InChI is InChI=1S/C13H16F3N3O2/c1-7(17-3)12(21)19-11-5-4-9(18-8(2)20)6-10(11)13(14,15)16/h4-7,17H,1-3H3,(H,18,20)(H,19,21). The summed E-state index contributed by atoms with van der Waals surface area (Å²) in [5, 5.41) is 7.11. The summed E-state index contributed by atoms with van der Waals surface area (Å²) in [6.45, 7) is 2.71. The summed E-state index contributed by atoms with van der Waals surface area (Å²) < 4.78 is 39.1. The first-order valence-corrected chi connectivity index (χ1v) is 6.12. The average Bonchev–Trinajstić information content (AvgIpc) is 2.37. The molecule has 0 aliphatic rings. The Hall–Kier alpha value is -2.09. The molecule has 0 saturated heterocycles. The van der Waals surface area contributed by atoms with E-state index in [-0.39, 0.29) is 11.4 Å². The normalized spacial score (nSPS) is 12.7. The Bertz CT molecular complexity index is 544. The van der Waals surface area contributed by atoms with Gasteiger partial charge in [0.2, 0.25) is 11.8 Å². The van der Waals surface area contributed by atoms with E-state index in [1.54, 1.807) is 0 Å². The lowest BCUT2D eigenvalue weighted by Gasteiger charge is -2.17. The van der Waals surface area contributed by atoms with E-state index in [2.05, 4.69) is 16.0 Å². The van der Waals surface area contributed by atoms with Crippen LogP contribution in [0, 0.1) is 0 Å². The molecule has 5 nitrogen and oxygen atoms in total. The number of carbonyl (C=O) groups is 2. The van der Waals surface area contributed by atoms with Gasteiger partial charge in [-0.05, 0) is 32.2 Å². The van der Waals surface area contributed by atoms with Crippen molar-refractivity contribution in [2.45, 2.75) is 26.1 Å². The fraction of sp³-hybridized carbons (Fsp3) is 0.385. The summed E-state index contributed by atoms with van der Waals surface area (Å²) in [5.74, 6) is -1.07. The molecule has 0 heterocycles. The molecule has 0 saturated carbocycles. The molecule has 1 unspecified atom stereocenters. The smallest absolute Gasteiger partial charge is 0.326 e. The van der Waals surface area contributed by atoms with Crippen LogP contribution in [-0.4, -0.2) is 24.9 Å². The number of hydrogen-bond donors (Lipinski definition) is 3. The third-order valence-corrected chi connectivity index (χ3v) is 2.73. The van der Waals surface area contributed by atoms with Crippen LogP contribution in [0.1, 0.15) is 19.4 Å². The molecule has 0 radical (unpaired) electrons. The molecular formula is C13H16F3N3O2. The summed E-state index contributed by atoms with van der Waals surface area (Å²) in [6, 6.07) is 2.53. The van der Waals surface area contributed by atoms with Crippen LogP contribution in [0.4, 0.5) is 24.5 Å². The fourth-order valence-corrected chi connectivity index (χ4v) is 1.54. The van der Waals surface area contributed by atoms with Gasteiger partial charge in [-0.15, -0.1) is 0 Å². The number of rotatable bonds is 4. The van der Waals surface area contributed by atoms with E-state index in [0.29, 0.717) is 0 Å². The van der Waals surface area contributed by atoms with E-state index in [1.807, 2.05) is 0 Å². The fourth-order valence-electron chi connectivity index (χ4n) is 1.54. The summed E-state index contributed by atoms with van der Waals surface area (Å²) in [7, 11) is 1.52. The van der Waals surface area contributed by atoms with E-state index in [1.165, 1.54) is 27.0 Å². The van der Waals surface area contributed by atoms with E-state index in [0.717, 1.165) is 12.1 Å². The number of likely N-dealkylation sites (N-methyl/N-ethyl adjacent to an activating group) is 1. The van der Waals surface area contributed by atoms with Crippen molar-refractivity contribution in [3.05, 3.63) is 23.8 Å². The third kappa shape index (κ3) is 4.75. The summed E-state index contributed by atoms with van der Waals surface area (Å²) in [4.78, 5) is 22.6. The Morgan fingerprint density at radius 2 is 1.81 bits per heavy atom. The monoisotopic (exact) mass is 303 g/mol. The number of alkyl halides is 3. The maximum Gasteiger partial charge on any atom is 0.418 e. The van der Waals surface area contributed by atoms with Gasteiger partial charge in [0, 0.05) is 12.6 Å². The molecule has 0 spiro atoms. The zero-order valence-corrected chi connectivity index (χ0v) is 11.8. The van der Waals surface area contributed by atoms with Gasteiger partial charge >= 0.3 is 6.18 Å². The Labute approximate surface area is 119 Å². The molecule has 0 aliphatic heterocycles. The molecule has 1 aromatic rings. The van der Waals surface area contributed by atoms with Gasteiger partial charge in [0.15, 0.2) is 0 Å². The summed E-state index contributed by atoms with van der Waals surface area (Å²) in [5.41, 5.74) is -1.37. The van der Waals surface area contributed by atoms with Crippen molar-refractivity contribution in [1.29, 1.82) is 0 Å². The molecule has 0 aliphatic carbocycles. The molecule has 2 amide bonds. The lowest BCUT2D eigenvalue weighted by Crippen LogP contribution is -2.36. The van der Waals surface area contributed by atoms with Crippen molar-refractivity contribution in [3.8, 4) is 0 Å². The van der Waals surface area contributed by atoms with Gasteiger partial charge in [0.25, 0.3) is 0 Å². The first-order chi connectivity index (χ1) is 9.65. The highest BCUT2D eigenvalue weighted by Gasteiger charge is 2.34. The van der Waals surface area contributed by atoms with Crippen molar-refractivity contribution in [3.63, 3.8) is 0 Å². The number of hydrogen-bond acceptors (Lipinski definition) is 3. The van der Waals surface area contributed by atoms with Crippen LogP contribution >= 0.6 is 0 Å². The molecule has 1 aromatic carbocycles. The van der Waals surface area contributed by atoms with Crippen LogP contribution in [0.15, 0.2) is 18.2 Å². The molecule has 0 aromatic heterocycles. The predicted octanol–water partition coefficient (Wildman–Crippen LogP) is 2.21. The Balaban J connectivity index is 3.14. The molecule has 8 heteroatoms. The SMILES string of the molecule is CNC(C)C(=O)Nc1ccc(NC(C)=O)cc1C(F)(F)F. The zero-order valence-electron chi connectivity index (χ0n) is 11.8. The van der Waals surface area contributed by atoms with Crippen LogP contribution in [-0.2, 0) is 15.8 Å². The molecule has 1 atom stereocenters. The molecule has 0 fully saturated rings. The Morgan fingerprint density at radius 1 is 1.19 bits per heavy atom. The second-order valence-corrected chi connectivity index (χ2v) is 4.44. The van der Waals surface area contributed by atoms with Crippen LogP contribution in [0.3, 0.4) is 0 Å². The first kappa shape index (κ1) is 17.0. The molecule has 0 bridgehead atoms. The lowest BCUT2D eigenvalue weighted by atomic mass is 10.1. The molecule has 3 N–H and O–H groups in total. The molecule has 21 heavy (non-hydrogen) atoms. The summed E-state index contributed by atoms with van der Waals surface area (Å²) in [6.07, 6.45) is -4.65. The van der Waals surface area contributed by atoms with Crippen molar-refractivity contribution in [1.82, 2.24) is 5.32 Å². The van der Waals surface area contributed by atoms with Crippen molar-refractivity contribution < 1.29 is 22.8 Å². The van der Waals surface area contributed by atoms with Crippen LogP contribution in [0.5, 0.6) is 0 Å². The van der Waals surface area contributed by atoms with E-state index in [4.69, 9.17) is 0 Å². The Kier molecular flexibility index (Phi) is 5.31. The van der Waals surface area contributed by atoms with Gasteiger partial charge in [0.05, 0.1) is 17.3 Å². The predicted molar refractivity (Wildman–Crippen MR) is 72.9 cm³/mol. The topological polar surface area (TPSA) is 70.2 Å². The minimum atomic E-state index is -4.65. The van der Waals surface area contributed by atoms with Gasteiger partial charge in [-0.3, -0.25) is 9.59 Å². The number of anilines is 2. The van der Waals surface area contributed by atoms with Crippen LogP contribution in [0.25, 0.3) is 0 Å². The van der Waals surface area contributed by atoms with Crippen LogP contribution < -0.4 is 16.0 Å². The number of amides is 2. The highest BCUT2D eigenvalue weighted by Crippen LogP contribution is 2.36. The van der Waals surface area contributed by atoms with Crippen LogP contribution in [0.2, 0.25) is 0 Å². The second kappa shape index (κ2) is 6.57. The second-order valence-electron chi connectivity index (χ2n) is 4.44. The maximum atomic E-state index is 13.0. The molecular weight excluding hydrogens is 287 g/mol. The Morgan fingerprint density at radius 3 is 2.29 bits per heavy atom. The van der Waals surface area contributed by atoms with Crippen molar-refractivity contribution >= 4 is 23.2 Å². The largest absolute Gasteiger partial charge is 0.418 e. The van der Waals surface area contributed by atoms with Gasteiger partial charge in [-0.1, -0.05) is 0 Å². The van der Waals surface area contributed by atoms with Gasteiger partial charge in [-0.25, -0.2) is 0 Å². The molecule has 116 valence electrons. The number of nitrogens with one attached hydrogen (secondary N) is 3. The first-order valence-electron chi connectivity index (χ1n) is 6.12. The zero-order chi connectivity index (χ0) is 16.2. The quantitative estimate of drug-likeness (QED) is 0.798. The minimum absolute atomic E-state index is 0.00879. The molecule has 1 rings (SSSR count). The number of carbonyl (C=O) groups excluding carboxylic acids is 2. The van der Waals surface area contributed by atoms with Gasteiger partial charge in [-0.2, -0.15) is 13.2 Å². The average molecular weight is 303 g/mol. The van der Waals surface area contributed by atoms with E-state index < -0.39 is 29.6 Å². The van der Waals surface area contributed by atoms with Crippen molar-refractivity contribution in [2.75, 3.05) is 17.7 Å². The summed E-state index contributed by atoms with van der Waals surface area (Å²) >= 11 is 0. The number of halogens is 3. The third-order valence-electron chi connectivity index (χ3n) is 2.73. The lowest BCUT2D eigenvalue weighted by molar-refractivity contribution is -0.137. The number of benzene rings is 1. The van der Waals surface area contributed by atoms with E-state index in [9.17, 15) is 22.8 Å². The van der Waals surface area contributed by atoms with Gasteiger partial charge in [0.1, 0.15) is 0 Å². The van der Waals surface area contributed by atoms with Gasteiger partial charge < -0.3 is 16.0 Å². The highest BCUT2D eigenvalue weighted by molar-refractivity contribution is 5.96. The minimum Gasteiger partial charge on any atom is -0.326 e. The van der Waals surface area contributed by atoms with Crippen molar-refractivity contribution in [2.24, 2.45) is 0 Å².